The molecule has 0 spiro atoms. The summed E-state index contributed by atoms with van der Waals surface area (Å²) in [6, 6.07) is -0.883. The van der Waals surface area contributed by atoms with Crippen molar-refractivity contribution in [2.24, 2.45) is 11.3 Å². The van der Waals surface area contributed by atoms with Crippen LogP contribution in [0.2, 0.25) is 0 Å². The molecule has 0 aromatic carbocycles. The normalized spacial score (nSPS) is 31.8. The van der Waals surface area contributed by atoms with Gasteiger partial charge in [0.2, 0.25) is 0 Å². The van der Waals surface area contributed by atoms with E-state index in [0.29, 0.717) is 12.8 Å². The molecule has 1 saturated heterocycles. The van der Waals surface area contributed by atoms with Gasteiger partial charge in [-0.1, -0.05) is 20.8 Å². The first-order valence-electron chi connectivity index (χ1n) is 5.46. The number of carbonyl (C=O) groups is 1. The average Bonchev–Trinajstić information content (AvgIpc) is 2.15. The molecule has 1 fully saturated rings. The number of ketones is 1. The van der Waals surface area contributed by atoms with Crippen LogP contribution in [0.5, 0.6) is 0 Å². The third-order valence-electron chi connectivity index (χ3n) is 2.90. The molecule has 16 heavy (non-hydrogen) atoms. The molecule has 0 aliphatic carbocycles. The molecule has 0 bridgehead atoms. The van der Waals surface area contributed by atoms with Gasteiger partial charge in [0.15, 0.2) is 0 Å². The predicted octanol–water partition coefficient (Wildman–Crippen LogP) is 2.80. The molecular formula is C11H18ClF2NO. The number of piperidine rings is 1. The van der Waals surface area contributed by atoms with E-state index in [9.17, 15) is 13.6 Å². The van der Waals surface area contributed by atoms with Gasteiger partial charge in [0, 0.05) is 11.3 Å². The SMILES string of the molecule is CC(C)(C)C(=O)C1CCC(C(F)F)NC1Cl. The van der Waals surface area contributed by atoms with Gasteiger partial charge in [-0.2, -0.15) is 0 Å². The summed E-state index contributed by atoms with van der Waals surface area (Å²) >= 11 is 5.96. The monoisotopic (exact) mass is 253 g/mol. The minimum absolute atomic E-state index is 0.0349. The fraction of sp³-hybridized carbons (Fsp3) is 0.909. The van der Waals surface area contributed by atoms with E-state index in [-0.39, 0.29) is 11.7 Å². The van der Waals surface area contributed by atoms with Crippen LogP contribution in [0.3, 0.4) is 0 Å². The molecule has 0 radical (unpaired) electrons. The Morgan fingerprint density at radius 3 is 2.31 bits per heavy atom. The molecule has 0 aromatic heterocycles. The second-order valence-electron chi connectivity index (χ2n) is 5.31. The van der Waals surface area contributed by atoms with E-state index in [0.717, 1.165) is 0 Å². The highest BCUT2D eigenvalue weighted by Crippen LogP contribution is 2.31. The Labute approximate surface area is 99.7 Å². The molecule has 1 aliphatic rings. The Kier molecular flexibility index (Phi) is 4.29. The molecule has 1 N–H and O–H groups in total. The maximum Gasteiger partial charge on any atom is 0.253 e. The number of nitrogens with one attached hydrogen (secondary N) is 1. The van der Waals surface area contributed by atoms with Crippen molar-refractivity contribution in [3.05, 3.63) is 0 Å². The largest absolute Gasteiger partial charge is 0.299 e. The molecule has 5 heteroatoms. The van der Waals surface area contributed by atoms with Crippen LogP contribution in [-0.2, 0) is 4.79 Å². The van der Waals surface area contributed by atoms with Gasteiger partial charge >= 0.3 is 0 Å². The van der Waals surface area contributed by atoms with Gasteiger partial charge in [0.25, 0.3) is 6.43 Å². The predicted molar refractivity (Wildman–Crippen MR) is 59.8 cm³/mol. The second kappa shape index (κ2) is 4.96. The van der Waals surface area contributed by atoms with Gasteiger partial charge in [0.1, 0.15) is 5.78 Å². The number of hydrogen-bond acceptors (Lipinski definition) is 2. The Hall–Kier alpha value is -0.220. The number of halogens is 3. The van der Waals surface area contributed by atoms with Crippen LogP contribution in [0.1, 0.15) is 33.6 Å². The summed E-state index contributed by atoms with van der Waals surface area (Å²) < 4.78 is 24.9. The van der Waals surface area contributed by atoms with Gasteiger partial charge in [0.05, 0.1) is 11.5 Å². The van der Waals surface area contributed by atoms with Crippen molar-refractivity contribution in [3.63, 3.8) is 0 Å². The maximum atomic E-state index is 12.4. The standard InChI is InChI=1S/C11H18ClF2NO/c1-11(2,3)8(16)6-4-5-7(10(13)14)15-9(6)12/h6-7,9-10,15H,4-5H2,1-3H3. The van der Waals surface area contributed by atoms with E-state index in [1.54, 1.807) is 0 Å². The smallest absolute Gasteiger partial charge is 0.253 e. The highest BCUT2D eigenvalue weighted by Gasteiger charge is 2.40. The lowest BCUT2D eigenvalue weighted by molar-refractivity contribution is -0.132. The molecule has 1 aliphatic heterocycles. The van der Waals surface area contributed by atoms with E-state index >= 15 is 0 Å². The number of Topliss-reactive ketones (excluding diaryl/α,β-unsaturated/α-hetero) is 1. The fourth-order valence-electron chi connectivity index (χ4n) is 1.93. The van der Waals surface area contributed by atoms with Crippen LogP contribution in [0.4, 0.5) is 8.78 Å². The number of carbonyl (C=O) groups excluding carboxylic acids is 1. The second-order valence-corrected chi connectivity index (χ2v) is 5.78. The van der Waals surface area contributed by atoms with Gasteiger partial charge < -0.3 is 0 Å². The highest BCUT2D eigenvalue weighted by atomic mass is 35.5. The van der Waals surface area contributed by atoms with Crippen LogP contribution < -0.4 is 5.32 Å². The summed E-state index contributed by atoms with van der Waals surface area (Å²) in [4.78, 5) is 12.0. The molecular weight excluding hydrogens is 236 g/mol. The topological polar surface area (TPSA) is 29.1 Å². The van der Waals surface area contributed by atoms with Crippen LogP contribution in [0.25, 0.3) is 0 Å². The molecule has 3 unspecified atom stereocenters. The molecule has 2 nitrogen and oxygen atoms in total. The summed E-state index contributed by atoms with van der Waals surface area (Å²) in [7, 11) is 0. The summed E-state index contributed by atoms with van der Waals surface area (Å²) in [5.74, 6) is -0.329. The van der Waals surface area contributed by atoms with E-state index in [4.69, 9.17) is 11.6 Å². The Morgan fingerprint density at radius 1 is 1.38 bits per heavy atom. The van der Waals surface area contributed by atoms with Crippen molar-refractivity contribution in [2.75, 3.05) is 0 Å². The lowest BCUT2D eigenvalue weighted by atomic mass is 9.79. The Bertz CT molecular complexity index is 265. The van der Waals surface area contributed by atoms with Crippen LogP contribution in [0, 0.1) is 11.3 Å². The summed E-state index contributed by atoms with van der Waals surface area (Å²) in [6.45, 7) is 5.45. The first-order valence-corrected chi connectivity index (χ1v) is 5.89. The first-order chi connectivity index (χ1) is 7.23. The van der Waals surface area contributed by atoms with Crippen LogP contribution in [-0.4, -0.2) is 23.8 Å². The van der Waals surface area contributed by atoms with Crippen molar-refractivity contribution >= 4 is 17.4 Å². The van der Waals surface area contributed by atoms with E-state index in [1.807, 2.05) is 20.8 Å². The Balaban J connectivity index is 2.64. The third kappa shape index (κ3) is 3.14. The molecule has 3 atom stereocenters. The molecule has 1 rings (SSSR count). The van der Waals surface area contributed by atoms with Crippen molar-refractivity contribution in [2.45, 2.75) is 51.6 Å². The van der Waals surface area contributed by atoms with E-state index in [2.05, 4.69) is 5.32 Å². The number of hydrogen-bond donors (Lipinski definition) is 1. The minimum Gasteiger partial charge on any atom is -0.299 e. The highest BCUT2D eigenvalue weighted by molar-refractivity contribution is 6.22. The summed E-state index contributed by atoms with van der Waals surface area (Å²) in [5.41, 5.74) is -1.16. The van der Waals surface area contributed by atoms with Gasteiger partial charge in [-0.15, -0.1) is 11.6 Å². The zero-order chi connectivity index (χ0) is 12.5. The van der Waals surface area contributed by atoms with E-state index < -0.39 is 23.4 Å². The van der Waals surface area contributed by atoms with E-state index in [1.165, 1.54) is 0 Å². The van der Waals surface area contributed by atoms with Crippen LogP contribution in [0.15, 0.2) is 0 Å². The van der Waals surface area contributed by atoms with Crippen molar-refractivity contribution < 1.29 is 13.6 Å². The molecule has 94 valence electrons. The van der Waals surface area contributed by atoms with Crippen molar-refractivity contribution in [1.82, 2.24) is 5.32 Å². The van der Waals surface area contributed by atoms with Gasteiger partial charge in [-0.3, -0.25) is 10.1 Å². The first kappa shape index (κ1) is 13.8. The maximum absolute atomic E-state index is 12.4. The zero-order valence-electron chi connectivity index (χ0n) is 9.77. The van der Waals surface area contributed by atoms with Gasteiger partial charge in [-0.05, 0) is 12.8 Å². The lowest BCUT2D eigenvalue weighted by Crippen LogP contribution is -2.51. The summed E-state index contributed by atoms with van der Waals surface area (Å²) in [5, 5.41) is 2.61. The van der Waals surface area contributed by atoms with Gasteiger partial charge in [-0.25, -0.2) is 8.78 Å². The average molecular weight is 254 g/mol. The molecule has 0 aromatic rings. The molecule has 1 heterocycles. The minimum atomic E-state index is -2.42. The third-order valence-corrected chi connectivity index (χ3v) is 3.33. The number of alkyl halides is 3. The van der Waals surface area contributed by atoms with Crippen molar-refractivity contribution in [3.8, 4) is 0 Å². The zero-order valence-corrected chi connectivity index (χ0v) is 10.5. The Morgan fingerprint density at radius 2 is 1.94 bits per heavy atom. The molecule has 0 amide bonds. The quantitative estimate of drug-likeness (QED) is 0.606. The summed E-state index contributed by atoms with van der Waals surface area (Å²) in [6.07, 6.45) is -1.69. The number of rotatable bonds is 2. The van der Waals surface area contributed by atoms with Crippen LogP contribution >= 0.6 is 11.6 Å². The lowest BCUT2D eigenvalue weighted by Gasteiger charge is -2.35. The molecule has 0 saturated carbocycles. The fourth-order valence-corrected chi connectivity index (χ4v) is 2.33. The van der Waals surface area contributed by atoms with Crippen molar-refractivity contribution in [1.29, 1.82) is 0 Å².